The molecular formula is C18H17Cl2N5OS2. The average Bonchev–Trinajstić information content (AvgIpc) is 3.08. The number of amides is 1. The SMILES string of the molecule is Cc1cccc(Nc2nnc(S[C@@H](C)C(=O)Nc3ncc(Cl)cc3Cl)s2)c1C. The summed E-state index contributed by atoms with van der Waals surface area (Å²) < 4.78 is 0.686. The van der Waals surface area contributed by atoms with Crippen molar-refractivity contribution in [3.05, 3.63) is 51.6 Å². The molecule has 0 bridgehead atoms. The predicted octanol–water partition coefficient (Wildman–Crippen LogP) is 5.72. The molecule has 0 aliphatic rings. The highest BCUT2D eigenvalue weighted by molar-refractivity contribution is 8.02. The fourth-order valence-corrected chi connectivity index (χ4v) is 4.57. The lowest BCUT2D eigenvalue weighted by Gasteiger charge is -2.10. The van der Waals surface area contributed by atoms with Gasteiger partial charge in [0.15, 0.2) is 10.2 Å². The molecule has 0 spiro atoms. The van der Waals surface area contributed by atoms with Gasteiger partial charge in [-0.3, -0.25) is 4.79 Å². The number of hydrogen-bond acceptors (Lipinski definition) is 7. The Morgan fingerprint density at radius 2 is 2.04 bits per heavy atom. The van der Waals surface area contributed by atoms with Gasteiger partial charge in [0.05, 0.1) is 15.3 Å². The molecule has 2 heterocycles. The number of aromatic nitrogens is 3. The van der Waals surface area contributed by atoms with E-state index in [1.807, 2.05) is 12.1 Å². The van der Waals surface area contributed by atoms with Crippen LogP contribution in [0.25, 0.3) is 0 Å². The fraction of sp³-hybridized carbons (Fsp3) is 0.222. The van der Waals surface area contributed by atoms with Gasteiger partial charge in [0.2, 0.25) is 11.0 Å². The maximum atomic E-state index is 12.4. The van der Waals surface area contributed by atoms with Gasteiger partial charge in [-0.1, -0.05) is 58.4 Å². The number of aryl methyl sites for hydroxylation is 1. The lowest BCUT2D eigenvalue weighted by Crippen LogP contribution is -2.23. The molecule has 0 aliphatic carbocycles. The van der Waals surface area contributed by atoms with Crippen LogP contribution in [0.1, 0.15) is 18.1 Å². The summed E-state index contributed by atoms with van der Waals surface area (Å²) in [5, 5.41) is 15.2. The Hall–Kier alpha value is -1.87. The Morgan fingerprint density at radius 1 is 1.25 bits per heavy atom. The molecule has 0 saturated carbocycles. The van der Waals surface area contributed by atoms with Crippen molar-refractivity contribution in [1.29, 1.82) is 0 Å². The summed E-state index contributed by atoms with van der Waals surface area (Å²) in [5.41, 5.74) is 3.35. The molecule has 2 N–H and O–H groups in total. The molecule has 146 valence electrons. The number of benzene rings is 1. The lowest BCUT2D eigenvalue weighted by atomic mass is 10.1. The molecule has 1 amide bonds. The number of rotatable bonds is 6. The minimum absolute atomic E-state index is 0.235. The number of halogens is 2. The Balaban J connectivity index is 1.62. The third-order valence-electron chi connectivity index (χ3n) is 3.95. The van der Waals surface area contributed by atoms with Gasteiger partial charge < -0.3 is 10.6 Å². The highest BCUT2D eigenvalue weighted by atomic mass is 35.5. The van der Waals surface area contributed by atoms with E-state index in [4.69, 9.17) is 23.2 Å². The van der Waals surface area contributed by atoms with E-state index in [1.165, 1.54) is 40.9 Å². The minimum atomic E-state index is -0.407. The fourth-order valence-electron chi connectivity index (χ4n) is 2.24. The zero-order chi connectivity index (χ0) is 20.3. The third kappa shape index (κ3) is 5.14. The molecule has 0 unspecified atom stereocenters. The van der Waals surface area contributed by atoms with Gasteiger partial charge in [-0.2, -0.15) is 0 Å². The van der Waals surface area contributed by atoms with Crippen molar-refractivity contribution in [2.45, 2.75) is 30.4 Å². The summed E-state index contributed by atoms with van der Waals surface area (Å²) in [6.07, 6.45) is 1.43. The van der Waals surface area contributed by atoms with E-state index in [-0.39, 0.29) is 16.7 Å². The first-order valence-electron chi connectivity index (χ1n) is 8.29. The van der Waals surface area contributed by atoms with E-state index in [9.17, 15) is 4.79 Å². The summed E-state index contributed by atoms with van der Waals surface area (Å²) in [4.78, 5) is 16.4. The molecule has 0 radical (unpaired) electrons. The number of hydrogen-bond donors (Lipinski definition) is 2. The minimum Gasteiger partial charge on any atom is -0.330 e. The summed E-state index contributed by atoms with van der Waals surface area (Å²) >= 11 is 14.6. The molecule has 0 saturated heterocycles. The number of pyridine rings is 1. The summed E-state index contributed by atoms with van der Waals surface area (Å²) in [6.45, 7) is 5.89. The zero-order valence-electron chi connectivity index (χ0n) is 15.3. The van der Waals surface area contributed by atoms with Crippen molar-refractivity contribution in [3.8, 4) is 0 Å². The molecule has 3 aromatic rings. The maximum Gasteiger partial charge on any atom is 0.238 e. The molecular weight excluding hydrogens is 437 g/mol. The normalized spacial score (nSPS) is 11.9. The first-order valence-corrected chi connectivity index (χ1v) is 10.7. The van der Waals surface area contributed by atoms with Crippen LogP contribution in [0.2, 0.25) is 10.0 Å². The molecule has 10 heteroatoms. The molecule has 0 aliphatic heterocycles. The molecule has 6 nitrogen and oxygen atoms in total. The van der Waals surface area contributed by atoms with E-state index < -0.39 is 5.25 Å². The van der Waals surface area contributed by atoms with Crippen LogP contribution < -0.4 is 10.6 Å². The van der Waals surface area contributed by atoms with Crippen LogP contribution in [0.3, 0.4) is 0 Å². The summed E-state index contributed by atoms with van der Waals surface area (Å²) in [5.74, 6) is 0.0408. The Bertz CT molecular complexity index is 1010. The van der Waals surface area contributed by atoms with E-state index in [1.54, 1.807) is 6.92 Å². The Kier molecular flexibility index (Phi) is 6.77. The van der Waals surface area contributed by atoms with Gasteiger partial charge >= 0.3 is 0 Å². The van der Waals surface area contributed by atoms with Crippen molar-refractivity contribution in [2.24, 2.45) is 0 Å². The van der Waals surface area contributed by atoms with Gasteiger partial charge in [-0.05, 0) is 44.0 Å². The van der Waals surface area contributed by atoms with Gasteiger partial charge in [-0.15, -0.1) is 10.2 Å². The highest BCUT2D eigenvalue weighted by Gasteiger charge is 2.19. The largest absolute Gasteiger partial charge is 0.330 e. The van der Waals surface area contributed by atoms with Crippen LogP contribution >= 0.6 is 46.3 Å². The zero-order valence-corrected chi connectivity index (χ0v) is 18.4. The van der Waals surface area contributed by atoms with Crippen molar-refractivity contribution in [1.82, 2.24) is 15.2 Å². The first kappa shape index (κ1) is 20.9. The number of anilines is 3. The first-order chi connectivity index (χ1) is 13.3. The van der Waals surface area contributed by atoms with Crippen LogP contribution in [0, 0.1) is 13.8 Å². The van der Waals surface area contributed by atoms with Crippen LogP contribution in [-0.2, 0) is 4.79 Å². The summed E-state index contributed by atoms with van der Waals surface area (Å²) in [6, 6.07) is 7.57. The smallest absolute Gasteiger partial charge is 0.238 e. The number of nitrogens with one attached hydrogen (secondary N) is 2. The standard InChI is InChI=1S/C18H17Cl2N5OS2/c1-9-5-4-6-14(10(9)2)22-17-24-25-18(28-17)27-11(3)16(26)23-15-13(20)7-12(19)8-21-15/h4-8,11H,1-3H3,(H,22,24)(H,21,23,26)/t11-/m0/s1. The number of carbonyl (C=O) groups excluding carboxylic acids is 1. The van der Waals surface area contributed by atoms with Crippen molar-refractivity contribution >= 4 is 68.8 Å². The van der Waals surface area contributed by atoms with Crippen LogP contribution in [0.15, 0.2) is 34.8 Å². The van der Waals surface area contributed by atoms with Crippen LogP contribution in [0.5, 0.6) is 0 Å². The van der Waals surface area contributed by atoms with E-state index in [2.05, 4.69) is 45.7 Å². The second kappa shape index (κ2) is 9.09. The van der Waals surface area contributed by atoms with Crippen molar-refractivity contribution < 1.29 is 4.79 Å². The van der Waals surface area contributed by atoms with Gasteiger partial charge in [-0.25, -0.2) is 4.98 Å². The van der Waals surface area contributed by atoms with E-state index >= 15 is 0 Å². The van der Waals surface area contributed by atoms with Gasteiger partial charge in [0, 0.05) is 11.9 Å². The second-order valence-corrected chi connectivity index (χ2v) is 9.39. The molecule has 1 atom stereocenters. The second-order valence-electron chi connectivity index (χ2n) is 5.98. The third-order valence-corrected chi connectivity index (χ3v) is 6.47. The van der Waals surface area contributed by atoms with Crippen LogP contribution in [0.4, 0.5) is 16.6 Å². The monoisotopic (exact) mass is 453 g/mol. The van der Waals surface area contributed by atoms with Gasteiger partial charge in [0.1, 0.15) is 0 Å². The van der Waals surface area contributed by atoms with Crippen LogP contribution in [-0.4, -0.2) is 26.3 Å². The summed E-state index contributed by atoms with van der Waals surface area (Å²) in [7, 11) is 0. The molecule has 2 aromatic heterocycles. The lowest BCUT2D eigenvalue weighted by molar-refractivity contribution is -0.115. The van der Waals surface area contributed by atoms with Crippen molar-refractivity contribution in [2.75, 3.05) is 10.6 Å². The van der Waals surface area contributed by atoms with Crippen molar-refractivity contribution in [3.63, 3.8) is 0 Å². The average molecular weight is 454 g/mol. The number of carbonyl (C=O) groups is 1. The topological polar surface area (TPSA) is 79.8 Å². The van der Waals surface area contributed by atoms with E-state index in [0.29, 0.717) is 14.5 Å². The quantitative estimate of drug-likeness (QED) is 0.464. The maximum absolute atomic E-state index is 12.4. The Labute approximate surface area is 181 Å². The predicted molar refractivity (Wildman–Crippen MR) is 117 cm³/mol. The molecule has 1 aromatic carbocycles. The van der Waals surface area contributed by atoms with E-state index in [0.717, 1.165) is 11.3 Å². The highest BCUT2D eigenvalue weighted by Crippen LogP contribution is 2.32. The number of nitrogens with zero attached hydrogens (tertiary/aromatic N) is 3. The number of thioether (sulfide) groups is 1. The van der Waals surface area contributed by atoms with Gasteiger partial charge in [0.25, 0.3) is 0 Å². The molecule has 28 heavy (non-hydrogen) atoms. The molecule has 0 fully saturated rings. The Morgan fingerprint density at radius 3 is 2.79 bits per heavy atom. The molecule has 3 rings (SSSR count).